The molecule has 8 heteroatoms. The van der Waals surface area contributed by atoms with E-state index in [1.165, 1.54) is 0 Å². The topological polar surface area (TPSA) is 69.7 Å². The van der Waals surface area contributed by atoms with Crippen molar-refractivity contribution in [3.63, 3.8) is 0 Å². The lowest BCUT2D eigenvalue weighted by Gasteiger charge is -2.35. The first kappa shape index (κ1) is 22.8. The van der Waals surface area contributed by atoms with Gasteiger partial charge in [-0.3, -0.25) is 9.69 Å². The largest absolute Gasteiger partial charge is 0.497 e. The van der Waals surface area contributed by atoms with Gasteiger partial charge in [0.05, 0.1) is 34.0 Å². The Balaban J connectivity index is 1.40. The van der Waals surface area contributed by atoms with E-state index < -0.39 is 0 Å². The summed E-state index contributed by atoms with van der Waals surface area (Å²) in [6.07, 6.45) is 1.91. The fraction of sp³-hybridized carbons (Fsp3) is 0.400. The summed E-state index contributed by atoms with van der Waals surface area (Å²) < 4.78 is 27.6. The first-order valence-corrected chi connectivity index (χ1v) is 10.9. The smallest absolute Gasteiger partial charge is 0.253 e. The van der Waals surface area contributed by atoms with Crippen LogP contribution in [0.1, 0.15) is 11.1 Å². The molecule has 33 heavy (non-hydrogen) atoms. The van der Waals surface area contributed by atoms with Crippen LogP contribution < -0.4 is 23.7 Å². The highest BCUT2D eigenvalue weighted by Crippen LogP contribution is 2.40. The number of hydrogen-bond donors (Lipinski definition) is 0. The average molecular weight is 455 g/mol. The van der Waals surface area contributed by atoms with Crippen molar-refractivity contribution in [1.29, 1.82) is 0 Å². The van der Waals surface area contributed by atoms with Crippen molar-refractivity contribution in [3.8, 4) is 28.7 Å². The van der Waals surface area contributed by atoms with Crippen LogP contribution >= 0.6 is 0 Å². The Kier molecular flexibility index (Phi) is 6.93. The molecule has 2 aromatic rings. The number of amides is 1. The lowest BCUT2D eigenvalue weighted by molar-refractivity contribution is -0.129. The van der Waals surface area contributed by atoms with Gasteiger partial charge in [0.15, 0.2) is 11.5 Å². The van der Waals surface area contributed by atoms with E-state index in [1.807, 2.05) is 41.3 Å². The van der Waals surface area contributed by atoms with Crippen molar-refractivity contribution in [3.05, 3.63) is 47.0 Å². The maximum Gasteiger partial charge on any atom is 0.253 e. The number of piperazine rings is 1. The highest BCUT2D eigenvalue weighted by Gasteiger charge is 2.27. The van der Waals surface area contributed by atoms with E-state index in [0.717, 1.165) is 35.7 Å². The van der Waals surface area contributed by atoms with E-state index in [9.17, 15) is 4.79 Å². The van der Waals surface area contributed by atoms with Crippen LogP contribution in [0.4, 0.5) is 0 Å². The van der Waals surface area contributed by atoms with Crippen molar-refractivity contribution < 1.29 is 28.5 Å². The Morgan fingerprint density at radius 2 is 1.67 bits per heavy atom. The number of hydrogen-bond acceptors (Lipinski definition) is 7. The number of benzene rings is 2. The van der Waals surface area contributed by atoms with Gasteiger partial charge in [0, 0.05) is 43.9 Å². The molecule has 2 heterocycles. The number of methoxy groups -OCH3 is 4. The highest BCUT2D eigenvalue weighted by atomic mass is 16.5. The van der Waals surface area contributed by atoms with Gasteiger partial charge in [-0.15, -0.1) is 0 Å². The lowest BCUT2D eigenvalue weighted by atomic mass is 10.1. The minimum atomic E-state index is 0.0202. The summed E-state index contributed by atoms with van der Waals surface area (Å²) in [7, 11) is 6.46. The molecule has 2 aliphatic rings. The maximum atomic E-state index is 13.1. The quantitative estimate of drug-likeness (QED) is 0.637. The van der Waals surface area contributed by atoms with Crippen LogP contribution in [0.5, 0.6) is 28.7 Å². The summed E-state index contributed by atoms with van der Waals surface area (Å²) in [6, 6.07) is 9.49. The second-order valence-electron chi connectivity index (χ2n) is 7.92. The summed E-state index contributed by atoms with van der Waals surface area (Å²) in [5.74, 6) is 3.42. The third-order valence-electron chi connectivity index (χ3n) is 6.04. The second-order valence-corrected chi connectivity index (χ2v) is 7.92. The maximum absolute atomic E-state index is 13.1. The average Bonchev–Trinajstić information content (AvgIpc) is 2.87. The minimum Gasteiger partial charge on any atom is -0.497 e. The van der Waals surface area contributed by atoms with Gasteiger partial charge >= 0.3 is 0 Å². The number of ether oxygens (including phenoxy) is 5. The lowest BCUT2D eigenvalue weighted by Crippen LogP contribution is -2.49. The Morgan fingerprint density at radius 1 is 0.909 bits per heavy atom. The molecule has 176 valence electrons. The van der Waals surface area contributed by atoms with E-state index in [0.29, 0.717) is 42.5 Å². The molecular formula is C25H30N2O6. The molecule has 0 aromatic heterocycles. The standard InChI is InChI=1S/C25H30N2O6/c1-29-20-6-8-21-18(14-20)13-19(16-33-21)25(28)27-11-9-26(10-12-27)15-17-5-7-22(30-2)24(32-4)23(17)31-3/h5-8,13-14H,9-12,15-16H2,1-4H3. The third-order valence-corrected chi connectivity index (χ3v) is 6.04. The van der Waals surface area contributed by atoms with Crippen molar-refractivity contribution in [2.24, 2.45) is 0 Å². The molecule has 0 unspecified atom stereocenters. The number of carbonyl (C=O) groups is 1. The Hall–Kier alpha value is -3.39. The molecule has 0 spiro atoms. The van der Waals surface area contributed by atoms with Crippen molar-refractivity contribution in [1.82, 2.24) is 9.80 Å². The number of carbonyl (C=O) groups excluding carboxylic acids is 1. The van der Waals surface area contributed by atoms with Crippen molar-refractivity contribution in [2.75, 3.05) is 61.2 Å². The Bertz CT molecular complexity index is 1040. The monoisotopic (exact) mass is 454 g/mol. The van der Waals surface area contributed by atoms with Crippen LogP contribution in [-0.4, -0.2) is 76.9 Å². The molecule has 0 radical (unpaired) electrons. The van der Waals surface area contributed by atoms with E-state index in [4.69, 9.17) is 23.7 Å². The zero-order chi connectivity index (χ0) is 23.4. The highest BCUT2D eigenvalue weighted by molar-refractivity contribution is 5.99. The molecule has 0 aliphatic carbocycles. The first-order chi connectivity index (χ1) is 16.1. The molecule has 2 aromatic carbocycles. The minimum absolute atomic E-state index is 0.0202. The third kappa shape index (κ3) is 4.71. The Morgan fingerprint density at radius 3 is 2.33 bits per heavy atom. The van der Waals surface area contributed by atoms with Crippen LogP contribution in [0.3, 0.4) is 0 Å². The van der Waals surface area contributed by atoms with Crippen LogP contribution in [0.25, 0.3) is 6.08 Å². The zero-order valence-corrected chi connectivity index (χ0v) is 19.6. The van der Waals surface area contributed by atoms with Crippen LogP contribution in [0.2, 0.25) is 0 Å². The Labute approximate surface area is 194 Å². The first-order valence-electron chi connectivity index (χ1n) is 10.9. The normalized spacial score (nSPS) is 15.8. The van der Waals surface area contributed by atoms with Crippen molar-refractivity contribution >= 4 is 12.0 Å². The summed E-state index contributed by atoms with van der Waals surface area (Å²) in [6.45, 7) is 3.81. The molecule has 1 fully saturated rings. The molecular weight excluding hydrogens is 424 g/mol. The van der Waals surface area contributed by atoms with E-state index in [2.05, 4.69) is 4.90 Å². The second kappa shape index (κ2) is 10.0. The van der Waals surface area contributed by atoms with E-state index >= 15 is 0 Å². The summed E-state index contributed by atoms with van der Waals surface area (Å²) in [5.41, 5.74) is 2.54. The molecule has 0 saturated carbocycles. The van der Waals surface area contributed by atoms with Crippen molar-refractivity contribution in [2.45, 2.75) is 6.54 Å². The molecule has 0 N–H and O–H groups in total. The van der Waals surface area contributed by atoms with Gasteiger partial charge in [-0.05, 0) is 30.3 Å². The molecule has 2 aliphatic heterocycles. The van der Waals surface area contributed by atoms with Gasteiger partial charge in [-0.25, -0.2) is 0 Å². The van der Waals surface area contributed by atoms with Gasteiger partial charge in [0.25, 0.3) is 5.91 Å². The SMILES string of the molecule is COc1ccc2c(c1)C=C(C(=O)N1CCN(Cc3ccc(OC)c(OC)c3OC)CC1)CO2. The van der Waals surface area contributed by atoms with Gasteiger partial charge in [-0.1, -0.05) is 6.07 Å². The van der Waals surface area contributed by atoms with Gasteiger partial charge < -0.3 is 28.6 Å². The zero-order valence-electron chi connectivity index (χ0n) is 19.6. The summed E-state index contributed by atoms with van der Waals surface area (Å²) in [4.78, 5) is 17.3. The van der Waals surface area contributed by atoms with Gasteiger partial charge in [-0.2, -0.15) is 0 Å². The molecule has 1 amide bonds. The van der Waals surface area contributed by atoms with Gasteiger partial charge in [0.2, 0.25) is 5.75 Å². The van der Waals surface area contributed by atoms with E-state index in [1.54, 1.807) is 28.4 Å². The summed E-state index contributed by atoms with van der Waals surface area (Å²) >= 11 is 0. The van der Waals surface area contributed by atoms with Crippen LogP contribution in [-0.2, 0) is 11.3 Å². The van der Waals surface area contributed by atoms with E-state index in [-0.39, 0.29) is 12.5 Å². The molecule has 0 atom stereocenters. The molecule has 4 rings (SSSR count). The molecule has 0 bridgehead atoms. The van der Waals surface area contributed by atoms with Gasteiger partial charge in [0.1, 0.15) is 18.1 Å². The molecule has 8 nitrogen and oxygen atoms in total. The predicted molar refractivity (Wildman–Crippen MR) is 124 cm³/mol. The summed E-state index contributed by atoms with van der Waals surface area (Å²) in [5, 5.41) is 0. The number of rotatable bonds is 7. The predicted octanol–water partition coefficient (Wildman–Crippen LogP) is 2.84. The van der Waals surface area contributed by atoms with Crippen LogP contribution in [0, 0.1) is 0 Å². The molecule has 1 saturated heterocycles. The fourth-order valence-corrected chi connectivity index (χ4v) is 4.25. The number of fused-ring (bicyclic) bond motifs is 1. The fourth-order valence-electron chi connectivity index (χ4n) is 4.25. The van der Waals surface area contributed by atoms with Crippen LogP contribution in [0.15, 0.2) is 35.9 Å². The number of nitrogens with zero attached hydrogens (tertiary/aromatic N) is 2.